The SMILES string of the molecule is C[C@@H]1CN(C(=O)N(CC[C@H](N)CF)C(c2nc(-c3cc(Cl)ccc3F)nn2Cc2ccccc2)C(C)(C)C)C[C@H](C)O1. The summed E-state index contributed by atoms with van der Waals surface area (Å²) in [6.45, 7) is 10.6. The van der Waals surface area contributed by atoms with Gasteiger partial charge >= 0.3 is 6.03 Å². The zero-order chi connectivity index (χ0) is 30.6. The maximum absolute atomic E-state index is 15.0. The highest BCUT2D eigenvalue weighted by Gasteiger charge is 2.41. The van der Waals surface area contributed by atoms with Gasteiger partial charge < -0.3 is 20.3 Å². The Hall–Kier alpha value is -3.08. The predicted molar refractivity (Wildman–Crippen MR) is 160 cm³/mol. The molecule has 0 aliphatic carbocycles. The van der Waals surface area contributed by atoms with Crippen LogP contribution in [0.2, 0.25) is 5.02 Å². The van der Waals surface area contributed by atoms with Crippen molar-refractivity contribution in [3.63, 3.8) is 0 Å². The largest absolute Gasteiger partial charge is 0.372 e. The second-order valence-corrected chi connectivity index (χ2v) is 12.6. The van der Waals surface area contributed by atoms with Crippen molar-refractivity contribution in [2.45, 2.75) is 71.9 Å². The molecule has 42 heavy (non-hydrogen) atoms. The first-order valence-electron chi connectivity index (χ1n) is 14.3. The predicted octanol–water partition coefficient (Wildman–Crippen LogP) is 6.09. The van der Waals surface area contributed by atoms with Gasteiger partial charge in [0.25, 0.3) is 0 Å². The second-order valence-electron chi connectivity index (χ2n) is 12.2. The molecule has 0 radical (unpaired) electrons. The molecule has 1 aliphatic rings. The maximum Gasteiger partial charge on any atom is 0.320 e. The first kappa shape index (κ1) is 31.8. The first-order valence-corrected chi connectivity index (χ1v) is 14.7. The molecule has 3 aromatic rings. The number of rotatable bonds is 9. The lowest BCUT2D eigenvalue weighted by molar-refractivity contribution is -0.0613. The Morgan fingerprint density at radius 2 is 1.83 bits per heavy atom. The van der Waals surface area contributed by atoms with Crippen LogP contribution in [0, 0.1) is 11.2 Å². The molecule has 0 saturated carbocycles. The van der Waals surface area contributed by atoms with Gasteiger partial charge in [-0.3, -0.25) is 0 Å². The molecule has 228 valence electrons. The third-order valence-corrected chi connectivity index (χ3v) is 7.53. The van der Waals surface area contributed by atoms with Crippen molar-refractivity contribution >= 4 is 17.6 Å². The minimum atomic E-state index is -0.721. The van der Waals surface area contributed by atoms with E-state index in [9.17, 15) is 9.18 Å². The second kappa shape index (κ2) is 13.5. The summed E-state index contributed by atoms with van der Waals surface area (Å²) >= 11 is 6.22. The monoisotopic (exact) mass is 602 g/mol. The van der Waals surface area contributed by atoms with E-state index in [0.29, 0.717) is 30.5 Å². The maximum atomic E-state index is 15.0. The number of nitrogens with two attached hydrogens (primary N) is 1. The Labute approximate surface area is 251 Å². The summed E-state index contributed by atoms with van der Waals surface area (Å²) in [6.07, 6.45) is -0.0212. The standard InChI is InChI=1S/C31H41ClF2N6O2/c1-20-17-38(18-21(2)42-20)30(41)39(14-13-24(35)16-33)27(31(3,4)5)29-36-28(25-15-23(32)11-12-26(25)34)37-40(29)19-22-9-7-6-8-10-22/h6-12,15,20-21,24,27H,13-14,16-19,35H2,1-5H3/t20-,21+,24-,27?/m0/s1. The van der Waals surface area contributed by atoms with Crippen LogP contribution < -0.4 is 5.73 Å². The lowest BCUT2D eigenvalue weighted by Gasteiger charge is -2.44. The number of ether oxygens (including phenoxy) is 1. The minimum Gasteiger partial charge on any atom is -0.372 e. The van der Waals surface area contributed by atoms with Crippen LogP contribution in [0.3, 0.4) is 0 Å². The number of hydrogen-bond donors (Lipinski definition) is 1. The Kier molecular flexibility index (Phi) is 10.2. The first-order chi connectivity index (χ1) is 19.9. The molecule has 2 amide bonds. The fourth-order valence-corrected chi connectivity index (χ4v) is 5.61. The van der Waals surface area contributed by atoms with Crippen molar-refractivity contribution in [3.05, 3.63) is 70.8 Å². The Bertz CT molecular complexity index is 1340. The van der Waals surface area contributed by atoms with Gasteiger partial charge in [-0.15, -0.1) is 0 Å². The van der Waals surface area contributed by atoms with E-state index in [-0.39, 0.29) is 42.6 Å². The summed E-state index contributed by atoms with van der Waals surface area (Å²) in [5.74, 6) is 0.141. The van der Waals surface area contributed by atoms with E-state index in [1.165, 1.54) is 18.2 Å². The zero-order valence-electron chi connectivity index (χ0n) is 24.9. The normalized spacial score (nSPS) is 19.0. The number of amides is 2. The van der Waals surface area contributed by atoms with Crippen LogP contribution in [0.15, 0.2) is 48.5 Å². The Morgan fingerprint density at radius 1 is 1.17 bits per heavy atom. The smallest absolute Gasteiger partial charge is 0.320 e. The lowest BCUT2D eigenvalue weighted by Crippen LogP contribution is -2.55. The van der Waals surface area contributed by atoms with Crippen LogP contribution in [0.25, 0.3) is 11.4 Å². The molecule has 0 bridgehead atoms. The summed E-state index contributed by atoms with van der Waals surface area (Å²) in [5, 5.41) is 5.11. The summed E-state index contributed by atoms with van der Waals surface area (Å²) < 4.78 is 36.1. The molecule has 1 aromatic heterocycles. The molecular formula is C31H41ClF2N6O2. The van der Waals surface area contributed by atoms with Crippen LogP contribution >= 0.6 is 11.6 Å². The molecule has 2 aromatic carbocycles. The number of urea groups is 1. The fraction of sp³-hybridized carbons (Fsp3) is 0.516. The number of benzene rings is 2. The number of halogens is 3. The van der Waals surface area contributed by atoms with Gasteiger partial charge in [0.15, 0.2) is 11.6 Å². The van der Waals surface area contributed by atoms with Crippen LogP contribution in [-0.4, -0.2) is 75.2 Å². The molecule has 4 atom stereocenters. The van der Waals surface area contributed by atoms with Crippen molar-refractivity contribution in [1.29, 1.82) is 0 Å². The van der Waals surface area contributed by atoms with Gasteiger partial charge in [0.2, 0.25) is 0 Å². The topological polar surface area (TPSA) is 89.5 Å². The van der Waals surface area contributed by atoms with Gasteiger partial charge in [-0.25, -0.2) is 23.2 Å². The van der Waals surface area contributed by atoms with Gasteiger partial charge in [0, 0.05) is 30.7 Å². The highest BCUT2D eigenvalue weighted by Crippen LogP contribution is 2.40. The van der Waals surface area contributed by atoms with Crippen molar-refractivity contribution in [1.82, 2.24) is 24.6 Å². The van der Waals surface area contributed by atoms with Crippen LogP contribution in [0.4, 0.5) is 13.6 Å². The van der Waals surface area contributed by atoms with E-state index in [2.05, 4.69) is 0 Å². The van der Waals surface area contributed by atoms with Crippen molar-refractivity contribution < 1.29 is 18.3 Å². The molecule has 11 heteroatoms. The van der Waals surface area contributed by atoms with E-state index in [1.54, 1.807) is 14.5 Å². The summed E-state index contributed by atoms with van der Waals surface area (Å²) in [6, 6.07) is 12.4. The average molecular weight is 603 g/mol. The summed E-state index contributed by atoms with van der Waals surface area (Å²) in [7, 11) is 0. The average Bonchev–Trinajstić information content (AvgIpc) is 3.33. The molecule has 1 unspecified atom stereocenters. The van der Waals surface area contributed by atoms with E-state index in [1.807, 2.05) is 65.0 Å². The van der Waals surface area contributed by atoms with Gasteiger partial charge in [0.05, 0.1) is 30.4 Å². The van der Waals surface area contributed by atoms with E-state index in [4.69, 9.17) is 32.2 Å². The van der Waals surface area contributed by atoms with Crippen LogP contribution in [0.1, 0.15) is 58.5 Å². The van der Waals surface area contributed by atoms with Crippen molar-refractivity contribution in [2.24, 2.45) is 11.1 Å². The third-order valence-electron chi connectivity index (χ3n) is 7.30. The van der Waals surface area contributed by atoms with E-state index < -0.39 is 30.0 Å². The quantitative estimate of drug-likeness (QED) is 0.320. The molecule has 1 aliphatic heterocycles. The number of morpholine rings is 1. The number of carbonyl (C=O) groups excluding carboxylic acids is 1. The van der Waals surface area contributed by atoms with Gasteiger partial charge in [-0.2, -0.15) is 5.10 Å². The number of hydrogen-bond acceptors (Lipinski definition) is 5. The number of carbonyl (C=O) groups is 1. The summed E-state index contributed by atoms with van der Waals surface area (Å²) in [5.41, 5.74) is 6.57. The highest BCUT2D eigenvalue weighted by molar-refractivity contribution is 6.30. The molecule has 1 saturated heterocycles. The number of alkyl halides is 1. The summed E-state index contributed by atoms with van der Waals surface area (Å²) in [4.78, 5) is 22.7. The van der Waals surface area contributed by atoms with Crippen molar-refractivity contribution in [3.8, 4) is 11.4 Å². The van der Waals surface area contributed by atoms with Crippen molar-refractivity contribution in [2.75, 3.05) is 26.3 Å². The zero-order valence-corrected chi connectivity index (χ0v) is 25.7. The highest BCUT2D eigenvalue weighted by atomic mass is 35.5. The Balaban J connectivity index is 1.86. The number of nitrogens with zero attached hydrogens (tertiary/aromatic N) is 5. The fourth-order valence-electron chi connectivity index (χ4n) is 5.44. The third kappa shape index (κ3) is 7.65. The van der Waals surface area contributed by atoms with E-state index in [0.717, 1.165) is 5.56 Å². The molecule has 0 spiro atoms. The lowest BCUT2D eigenvalue weighted by atomic mass is 9.84. The van der Waals surface area contributed by atoms with Crippen LogP contribution in [-0.2, 0) is 11.3 Å². The molecule has 8 nitrogen and oxygen atoms in total. The molecule has 1 fully saturated rings. The van der Waals surface area contributed by atoms with Gasteiger partial charge in [-0.05, 0) is 49.4 Å². The minimum absolute atomic E-state index is 0.139. The number of aromatic nitrogens is 3. The molecule has 2 N–H and O–H groups in total. The molecular weight excluding hydrogens is 562 g/mol. The Morgan fingerprint density at radius 3 is 2.45 bits per heavy atom. The van der Waals surface area contributed by atoms with Crippen LogP contribution in [0.5, 0.6) is 0 Å². The molecule has 2 heterocycles. The van der Waals surface area contributed by atoms with Gasteiger partial charge in [0.1, 0.15) is 12.5 Å². The van der Waals surface area contributed by atoms with Gasteiger partial charge in [-0.1, -0.05) is 62.7 Å². The van der Waals surface area contributed by atoms with E-state index >= 15 is 4.39 Å². The molecule has 4 rings (SSSR count).